The molecule has 8 heteroatoms. The average molecular weight is 499 g/mol. The summed E-state index contributed by atoms with van der Waals surface area (Å²) < 4.78 is 10.5. The second-order valence-electron chi connectivity index (χ2n) is 9.28. The average Bonchev–Trinajstić information content (AvgIpc) is 3.41. The second kappa shape index (κ2) is 9.57. The van der Waals surface area contributed by atoms with Crippen molar-refractivity contribution in [2.75, 3.05) is 37.9 Å². The molecule has 2 aromatic rings. The largest absolute Gasteiger partial charge is 0.457 e. The Hall–Kier alpha value is -2.00. The van der Waals surface area contributed by atoms with Gasteiger partial charge in [-0.2, -0.15) is 0 Å². The minimum absolute atomic E-state index is 0.187. The van der Waals surface area contributed by atoms with Gasteiger partial charge in [-0.1, -0.05) is 0 Å². The summed E-state index contributed by atoms with van der Waals surface area (Å²) in [6, 6.07) is 4.27. The van der Waals surface area contributed by atoms with E-state index in [1.54, 1.807) is 0 Å². The summed E-state index contributed by atoms with van der Waals surface area (Å²) in [6.45, 7) is 13.2. The summed E-state index contributed by atoms with van der Waals surface area (Å²) in [5, 5.41) is 0. The summed E-state index contributed by atoms with van der Waals surface area (Å²) in [7, 11) is 0. The lowest BCUT2D eigenvalue weighted by molar-refractivity contribution is 0.0525. The number of piperazine rings is 1. The highest BCUT2D eigenvalue weighted by Crippen LogP contribution is 2.36. The fourth-order valence-electron chi connectivity index (χ4n) is 4.92. The van der Waals surface area contributed by atoms with Gasteiger partial charge in [0.2, 0.25) is 0 Å². The molecule has 0 aromatic heterocycles. The molecule has 3 aliphatic rings. The van der Waals surface area contributed by atoms with Crippen LogP contribution in [-0.4, -0.2) is 59.7 Å². The van der Waals surface area contributed by atoms with Crippen LogP contribution in [0.1, 0.15) is 54.1 Å². The maximum absolute atomic E-state index is 12.0. The first-order valence-corrected chi connectivity index (χ1v) is 13.6. The van der Waals surface area contributed by atoms with Crippen LogP contribution in [0.4, 0.5) is 0 Å². The number of rotatable bonds is 6. The third-order valence-corrected chi connectivity index (χ3v) is 9.56. The van der Waals surface area contributed by atoms with E-state index in [0.717, 1.165) is 71.3 Å². The first-order chi connectivity index (χ1) is 16.3. The standard InChI is InChI=1S/C26H30N2O4S2/c1-15-9-21(17(3)19-11-31-25(29)23(15)19)33-13-27-5-7-28(8-6-27)14-34-22-10-16(2)24-20(18(22)4)12-32-26(24)30/h9-10H,5-8,11-14H2,1-4H3. The van der Waals surface area contributed by atoms with E-state index in [1.165, 1.54) is 20.9 Å². The molecule has 0 aliphatic carbocycles. The van der Waals surface area contributed by atoms with Crippen molar-refractivity contribution < 1.29 is 19.1 Å². The van der Waals surface area contributed by atoms with E-state index in [-0.39, 0.29) is 11.9 Å². The number of ether oxygens (including phenoxy) is 2. The van der Waals surface area contributed by atoms with E-state index in [1.807, 2.05) is 37.4 Å². The Kier molecular flexibility index (Phi) is 6.68. The van der Waals surface area contributed by atoms with Crippen LogP contribution in [0.15, 0.2) is 21.9 Å². The van der Waals surface area contributed by atoms with E-state index in [9.17, 15) is 9.59 Å². The van der Waals surface area contributed by atoms with Crippen LogP contribution in [0.3, 0.4) is 0 Å². The van der Waals surface area contributed by atoms with Gasteiger partial charge in [0, 0.05) is 58.9 Å². The second-order valence-corrected chi connectivity index (χ2v) is 11.2. The zero-order chi connectivity index (χ0) is 24.0. The zero-order valence-corrected chi connectivity index (χ0v) is 21.8. The van der Waals surface area contributed by atoms with Crippen LogP contribution in [-0.2, 0) is 22.7 Å². The number of nitrogens with zero attached hydrogens (tertiary/aromatic N) is 2. The normalized spacial score (nSPS) is 18.1. The zero-order valence-electron chi connectivity index (χ0n) is 20.2. The lowest BCUT2D eigenvalue weighted by atomic mass is 9.99. The molecule has 180 valence electrons. The lowest BCUT2D eigenvalue weighted by Crippen LogP contribution is -2.45. The van der Waals surface area contributed by atoms with Gasteiger partial charge in [0.15, 0.2) is 0 Å². The molecule has 2 aromatic carbocycles. The van der Waals surface area contributed by atoms with Gasteiger partial charge < -0.3 is 9.47 Å². The monoisotopic (exact) mass is 498 g/mol. The van der Waals surface area contributed by atoms with Crippen LogP contribution in [0.2, 0.25) is 0 Å². The minimum Gasteiger partial charge on any atom is -0.457 e. The molecule has 0 bridgehead atoms. The third-order valence-electron chi connectivity index (χ3n) is 7.11. The Morgan fingerprint density at radius 1 is 0.706 bits per heavy atom. The Morgan fingerprint density at radius 3 is 1.47 bits per heavy atom. The Balaban J connectivity index is 1.13. The molecule has 0 unspecified atom stereocenters. The quantitative estimate of drug-likeness (QED) is 0.420. The number of hydrogen-bond acceptors (Lipinski definition) is 8. The topological polar surface area (TPSA) is 59.1 Å². The molecule has 6 nitrogen and oxygen atoms in total. The van der Waals surface area contributed by atoms with Crippen LogP contribution in [0.5, 0.6) is 0 Å². The Bertz CT molecular complexity index is 1080. The van der Waals surface area contributed by atoms with E-state index in [0.29, 0.717) is 13.2 Å². The fraction of sp³-hybridized carbons (Fsp3) is 0.462. The highest BCUT2D eigenvalue weighted by Gasteiger charge is 2.28. The number of benzene rings is 2. The smallest absolute Gasteiger partial charge is 0.339 e. The summed E-state index contributed by atoms with van der Waals surface area (Å²) in [5.41, 5.74) is 8.03. The van der Waals surface area contributed by atoms with Gasteiger partial charge in [-0.3, -0.25) is 9.80 Å². The van der Waals surface area contributed by atoms with Crippen molar-refractivity contribution in [3.8, 4) is 0 Å². The van der Waals surface area contributed by atoms with E-state index in [2.05, 4.69) is 35.8 Å². The SMILES string of the molecule is Cc1cc(SCN2CCN(CSc3cc(C)c4c(c3C)COC4=O)CC2)c(C)c2c1C(=O)OC2. The van der Waals surface area contributed by atoms with Gasteiger partial charge in [0.1, 0.15) is 13.2 Å². The highest BCUT2D eigenvalue weighted by molar-refractivity contribution is 7.99. The van der Waals surface area contributed by atoms with Gasteiger partial charge >= 0.3 is 11.9 Å². The maximum atomic E-state index is 12.0. The fourth-order valence-corrected chi connectivity index (χ4v) is 7.28. The predicted molar refractivity (Wildman–Crippen MR) is 135 cm³/mol. The molecule has 0 saturated carbocycles. The number of aryl methyl sites for hydroxylation is 2. The van der Waals surface area contributed by atoms with E-state index < -0.39 is 0 Å². The molecule has 0 N–H and O–H groups in total. The van der Waals surface area contributed by atoms with Crippen molar-refractivity contribution in [1.82, 2.24) is 9.80 Å². The minimum atomic E-state index is -0.187. The lowest BCUT2D eigenvalue weighted by Gasteiger charge is -2.34. The van der Waals surface area contributed by atoms with Crippen molar-refractivity contribution in [3.63, 3.8) is 0 Å². The van der Waals surface area contributed by atoms with E-state index in [4.69, 9.17) is 9.47 Å². The molecule has 0 amide bonds. The molecular weight excluding hydrogens is 468 g/mol. The number of carbonyl (C=O) groups is 2. The van der Waals surface area contributed by atoms with Crippen molar-refractivity contribution in [1.29, 1.82) is 0 Å². The third kappa shape index (κ3) is 4.37. The molecule has 0 spiro atoms. The van der Waals surface area contributed by atoms with Crippen molar-refractivity contribution in [2.45, 2.75) is 50.7 Å². The van der Waals surface area contributed by atoms with Gasteiger partial charge in [-0.05, 0) is 62.1 Å². The van der Waals surface area contributed by atoms with Crippen LogP contribution >= 0.6 is 23.5 Å². The number of esters is 2. The van der Waals surface area contributed by atoms with Crippen LogP contribution in [0, 0.1) is 27.7 Å². The molecule has 1 fully saturated rings. The van der Waals surface area contributed by atoms with Crippen LogP contribution in [0.25, 0.3) is 0 Å². The molecule has 3 aliphatic heterocycles. The van der Waals surface area contributed by atoms with Crippen molar-refractivity contribution >= 4 is 35.5 Å². The number of carbonyl (C=O) groups excluding carboxylic acids is 2. The summed E-state index contributed by atoms with van der Waals surface area (Å²) in [4.78, 5) is 31.4. The van der Waals surface area contributed by atoms with Crippen molar-refractivity contribution in [2.24, 2.45) is 0 Å². The Morgan fingerprint density at radius 2 is 1.09 bits per heavy atom. The molecule has 0 atom stereocenters. The molecule has 3 heterocycles. The highest BCUT2D eigenvalue weighted by atomic mass is 32.2. The molecule has 5 rings (SSSR count). The molecular formula is C26H30N2O4S2. The molecule has 0 radical (unpaired) electrons. The van der Waals surface area contributed by atoms with Gasteiger partial charge in [0.05, 0.1) is 11.1 Å². The summed E-state index contributed by atoms with van der Waals surface area (Å²) >= 11 is 3.71. The number of hydrogen-bond donors (Lipinski definition) is 0. The van der Waals surface area contributed by atoms with Gasteiger partial charge in [0.25, 0.3) is 0 Å². The Labute approximate surface area is 209 Å². The molecule has 34 heavy (non-hydrogen) atoms. The number of fused-ring (bicyclic) bond motifs is 2. The predicted octanol–water partition coefficient (Wildman–Crippen LogP) is 4.68. The van der Waals surface area contributed by atoms with Crippen molar-refractivity contribution in [3.05, 3.63) is 56.6 Å². The maximum Gasteiger partial charge on any atom is 0.339 e. The first kappa shape index (κ1) is 23.7. The number of thioether (sulfide) groups is 2. The summed E-state index contributed by atoms with van der Waals surface area (Å²) in [6.07, 6.45) is 0. The van der Waals surface area contributed by atoms with Crippen LogP contribution < -0.4 is 0 Å². The van der Waals surface area contributed by atoms with Gasteiger partial charge in [-0.15, -0.1) is 23.5 Å². The first-order valence-electron chi connectivity index (χ1n) is 11.6. The van der Waals surface area contributed by atoms with E-state index >= 15 is 0 Å². The molecule has 1 saturated heterocycles. The number of cyclic esters (lactones) is 2. The summed E-state index contributed by atoms with van der Waals surface area (Å²) in [5.74, 6) is 1.53. The van der Waals surface area contributed by atoms with Gasteiger partial charge in [-0.25, -0.2) is 9.59 Å².